The maximum Gasteiger partial charge on any atom is 0.471 e. The number of piperidine rings is 1. The van der Waals surface area contributed by atoms with Gasteiger partial charge in [0.15, 0.2) is 0 Å². The van der Waals surface area contributed by atoms with Crippen LogP contribution in [0.2, 0.25) is 0 Å². The Labute approximate surface area is 153 Å². The number of fused-ring (bicyclic) bond motifs is 2. The first kappa shape index (κ1) is 18.0. The third kappa shape index (κ3) is 4.13. The molecule has 9 heteroatoms. The van der Waals surface area contributed by atoms with Crippen molar-refractivity contribution in [3.8, 4) is 11.4 Å². The highest BCUT2D eigenvalue weighted by Gasteiger charge is 2.38. The maximum atomic E-state index is 12.5. The van der Waals surface area contributed by atoms with Gasteiger partial charge in [-0.1, -0.05) is 5.16 Å². The maximum absolute atomic E-state index is 12.5. The molecular formula is C18H19F3N4O2. The Morgan fingerprint density at radius 2 is 1.85 bits per heavy atom. The van der Waals surface area contributed by atoms with Gasteiger partial charge in [-0.3, -0.25) is 4.79 Å². The molecule has 2 bridgehead atoms. The van der Waals surface area contributed by atoms with Crippen LogP contribution in [-0.4, -0.2) is 28.1 Å². The van der Waals surface area contributed by atoms with E-state index in [1.54, 1.807) is 24.3 Å². The molecule has 0 saturated carbocycles. The van der Waals surface area contributed by atoms with E-state index in [1.165, 1.54) is 12.8 Å². The molecule has 2 unspecified atom stereocenters. The van der Waals surface area contributed by atoms with Gasteiger partial charge in [-0.05, 0) is 55.9 Å². The number of nitrogens with one attached hydrogen (secondary N) is 2. The molecule has 2 aromatic rings. The molecule has 3 heterocycles. The fourth-order valence-electron chi connectivity index (χ4n) is 3.97. The largest absolute Gasteiger partial charge is 0.471 e. The fraction of sp³-hybridized carbons (Fsp3) is 0.500. The molecule has 0 spiro atoms. The first-order valence-electron chi connectivity index (χ1n) is 8.94. The molecular weight excluding hydrogens is 361 g/mol. The summed E-state index contributed by atoms with van der Waals surface area (Å²) < 4.78 is 41.8. The lowest BCUT2D eigenvalue weighted by Crippen LogP contribution is -2.39. The van der Waals surface area contributed by atoms with Crippen LogP contribution in [0.4, 0.5) is 18.9 Å². The Hall–Kier alpha value is -2.42. The zero-order valence-corrected chi connectivity index (χ0v) is 14.4. The zero-order valence-electron chi connectivity index (χ0n) is 14.4. The second kappa shape index (κ2) is 6.95. The molecule has 27 heavy (non-hydrogen) atoms. The minimum Gasteiger partial charge on any atom is -0.329 e. The molecule has 144 valence electrons. The van der Waals surface area contributed by atoms with E-state index in [9.17, 15) is 18.0 Å². The minimum atomic E-state index is -4.67. The van der Waals surface area contributed by atoms with E-state index in [1.807, 2.05) is 0 Å². The molecule has 2 aliphatic rings. The van der Waals surface area contributed by atoms with E-state index in [2.05, 4.69) is 25.3 Å². The molecule has 1 amide bonds. The first-order valence-corrected chi connectivity index (χ1v) is 8.94. The summed E-state index contributed by atoms with van der Waals surface area (Å²) in [6.45, 7) is 0. The molecule has 2 saturated heterocycles. The highest BCUT2D eigenvalue weighted by atomic mass is 19.4. The Morgan fingerprint density at radius 1 is 1.19 bits per heavy atom. The van der Waals surface area contributed by atoms with Crippen molar-refractivity contribution < 1.29 is 22.5 Å². The lowest BCUT2D eigenvalue weighted by atomic mass is 9.89. The number of rotatable bonds is 4. The van der Waals surface area contributed by atoms with Crippen LogP contribution in [0, 0.1) is 5.92 Å². The molecule has 2 N–H and O–H groups in total. The summed E-state index contributed by atoms with van der Waals surface area (Å²) in [5, 5.41) is 9.74. The van der Waals surface area contributed by atoms with Gasteiger partial charge in [0.25, 0.3) is 0 Å². The number of aromatic nitrogens is 2. The Kier molecular flexibility index (Phi) is 4.63. The van der Waals surface area contributed by atoms with E-state index in [0.717, 1.165) is 12.8 Å². The smallest absolute Gasteiger partial charge is 0.329 e. The Bertz CT molecular complexity index is 807. The molecule has 1 aromatic carbocycles. The highest BCUT2D eigenvalue weighted by molar-refractivity contribution is 5.91. The predicted octanol–water partition coefficient (Wildman–Crippen LogP) is 3.61. The van der Waals surface area contributed by atoms with Gasteiger partial charge >= 0.3 is 12.1 Å². The van der Waals surface area contributed by atoms with Crippen LogP contribution >= 0.6 is 0 Å². The van der Waals surface area contributed by atoms with Gasteiger partial charge in [-0.25, -0.2) is 0 Å². The number of nitrogens with zero attached hydrogens (tertiary/aromatic N) is 2. The number of hydrogen-bond donors (Lipinski definition) is 2. The fourth-order valence-corrected chi connectivity index (χ4v) is 3.97. The molecule has 4 rings (SSSR count). The summed E-state index contributed by atoms with van der Waals surface area (Å²) in [7, 11) is 0. The first-order chi connectivity index (χ1) is 12.9. The lowest BCUT2D eigenvalue weighted by molar-refractivity contribution is -0.159. The molecule has 1 aromatic heterocycles. The van der Waals surface area contributed by atoms with E-state index >= 15 is 0 Å². The normalized spacial score (nSPS) is 24.8. The average Bonchev–Trinajstić information content (AvgIpc) is 3.22. The van der Waals surface area contributed by atoms with Gasteiger partial charge in [-0.15, -0.1) is 0 Å². The van der Waals surface area contributed by atoms with Crippen LogP contribution in [-0.2, 0) is 11.0 Å². The molecule has 0 radical (unpaired) electrons. The van der Waals surface area contributed by atoms with Crippen LogP contribution in [0.15, 0.2) is 28.8 Å². The summed E-state index contributed by atoms with van der Waals surface area (Å²) in [4.78, 5) is 15.6. The van der Waals surface area contributed by atoms with Gasteiger partial charge in [0, 0.05) is 29.8 Å². The van der Waals surface area contributed by atoms with Crippen molar-refractivity contribution in [2.24, 2.45) is 5.92 Å². The zero-order chi connectivity index (χ0) is 19.0. The molecule has 2 aliphatic heterocycles. The number of carbonyl (C=O) groups excluding carboxylic acids is 1. The van der Waals surface area contributed by atoms with Crippen molar-refractivity contribution in [3.05, 3.63) is 30.2 Å². The second-order valence-corrected chi connectivity index (χ2v) is 7.23. The van der Waals surface area contributed by atoms with E-state index in [4.69, 9.17) is 0 Å². The van der Waals surface area contributed by atoms with Crippen molar-refractivity contribution in [2.45, 2.75) is 50.4 Å². The van der Waals surface area contributed by atoms with Gasteiger partial charge in [-0.2, -0.15) is 18.2 Å². The van der Waals surface area contributed by atoms with Gasteiger partial charge < -0.3 is 15.2 Å². The number of anilines is 1. The SMILES string of the molecule is O=C(CC1CC2CCC(C1)N2)Nc1ccc(-c2noc(C(F)(F)F)n2)cc1. The van der Waals surface area contributed by atoms with Crippen molar-refractivity contribution in [2.75, 3.05) is 5.32 Å². The summed E-state index contributed by atoms with van der Waals surface area (Å²) >= 11 is 0. The summed E-state index contributed by atoms with van der Waals surface area (Å²) in [6.07, 6.45) is 0.251. The molecule has 0 aliphatic carbocycles. The predicted molar refractivity (Wildman–Crippen MR) is 90.7 cm³/mol. The third-order valence-electron chi connectivity index (χ3n) is 5.14. The third-order valence-corrected chi connectivity index (χ3v) is 5.14. The van der Waals surface area contributed by atoms with E-state index in [-0.39, 0.29) is 11.7 Å². The number of amides is 1. The van der Waals surface area contributed by atoms with Crippen LogP contribution in [0.25, 0.3) is 11.4 Å². The number of halogens is 3. The van der Waals surface area contributed by atoms with Crippen LogP contribution in [0.1, 0.15) is 38.0 Å². The Morgan fingerprint density at radius 3 is 2.44 bits per heavy atom. The van der Waals surface area contributed by atoms with Crippen molar-refractivity contribution in [3.63, 3.8) is 0 Å². The molecule has 2 atom stereocenters. The number of hydrogen-bond acceptors (Lipinski definition) is 5. The summed E-state index contributed by atoms with van der Waals surface area (Å²) in [5.41, 5.74) is 0.961. The van der Waals surface area contributed by atoms with Gasteiger partial charge in [0.1, 0.15) is 0 Å². The van der Waals surface area contributed by atoms with Crippen molar-refractivity contribution in [1.82, 2.24) is 15.5 Å². The highest BCUT2D eigenvalue weighted by Crippen LogP contribution is 2.33. The van der Waals surface area contributed by atoms with Crippen LogP contribution in [0.5, 0.6) is 0 Å². The minimum absolute atomic E-state index is 0.0482. The Balaban J connectivity index is 1.35. The summed E-state index contributed by atoms with van der Waals surface area (Å²) in [6, 6.07) is 7.40. The van der Waals surface area contributed by atoms with Crippen LogP contribution in [0.3, 0.4) is 0 Å². The van der Waals surface area contributed by atoms with Crippen LogP contribution < -0.4 is 10.6 Å². The van der Waals surface area contributed by atoms with Gasteiger partial charge in [0.2, 0.25) is 11.7 Å². The summed E-state index contributed by atoms with van der Waals surface area (Å²) in [5.74, 6) is -1.19. The number of alkyl halides is 3. The average molecular weight is 380 g/mol. The van der Waals surface area contributed by atoms with E-state index in [0.29, 0.717) is 35.7 Å². The topological polar surface area (TPSA) is 80.0 Å². The lowest BCUT2D eigenvalue weighted by Gasteiger charge is -2.28. The van der Waals surface area contributed by atoms with Gasteiger partial charge in [0.05, 0.1) is 0 Å². The molecule has 2 fully saturated rings. The quantitative estimate of drug-likeness (QED) is 0.847. The molecule has 6 nitrogen and oxygen atoms in total. The van der Waals surface area contributed by atoms with Crippen molar-refractivity contribution >= 4 is 11.6 Å². The standard InChI is InChI=1S/C18H19F3N4O2/c19-18(20,21)17-24-16(25-27-17)11-1-3-12(4-2-11)23-15(26)9-10-7-13-5-6-14(8-10)22-13/h1-4,10,13-14,22H,5-9H2,(H,23,26). The second-order valence-electron chi connectivity index (χ2n) is 7.23. The van der Waals surface area contributed by atoms with Crippen molar-refractivity contribution in [1.29, 1.82) is 0 Å². The van der Waals surface area contributed by atoms with E-state index < -0.39 is 12.1 Å². The number of carbonyl (C=O) groups is 1. The number of benzene rings is 1. The monoisotopic (exact) mass is 380 g/mol.